The average molecular weight is 236 g/mol. The largest absolute Gasteiger partial charge is 0.480 e. The van der Waals surface area contributed by atoms with Gasteiger partial charge in [0.1, 0.15) is 4.75 Å². The molecular formula is C13H16O2S. The lowest BCUT2D eigenvalue weighted by atomic mass is 9.79. The SMILES string of the molecule is CC(C)(SCC1Cc2ccccc21)C(=O)O. The molecule has 1 aliphatic carbocycles. The van der Waals surface area contributed by atoms with Gasteiger partial charge in [-0.2, -0.15) is 0 Å². The minimum Gasteiger partial charge on any atom is -0.480 e. The van der Waals surface area contributed by atoms with Crippen LogP contribution in [0.1, 0.15) is 30.9 Å². The Morgan fingerprint density at radius 2 is 2.19 bits per heavy atom. The minimum atomic E-state index is -0.731. The van der Waals surface area contributed by atoms with Gasteiger partial charge in [-0.05, 0) is 37.3 Å². The molecule has 0 amide bonds. The maximum Gasteiger partial charge on any atom is 0.319 e. The molecule has 0 fully saturated rings. The second-order valence-corrected chi connectivity index (χ2v) is 6.37. The summed E-state index contributed by atoms with van der Waals surface area (Å²) in [6, 6.07) is 8.41. The van der Waals surface area contributed by atoms with E-state index in [2.05, 4.69) is 24.3 Å². The van der Waals surface area contributed by atoms with Crippen LogP contribution in [0.5, 0.6) is 0 Å². The van der Waals surface area contributed by atoms with Crippen LogP contribution in [0.3, 0.4) is 0 Å². The molecule has 0 aromatic heterocycles. The molecule has 3 heteroatoms. The van der Waals surface area contributed by atoms with Crippen LogP contribution in [0.25, 0.3) is 0 Å². The van der Waals surface area contributed by atoms with Crippen LogP contribution in [0, 0.1) is 0 Å². The van der Waals surface area contributed by atoms with Crippen LogP contribution in [-0.4, -0.2) is 21.6 Å². The van der Waals surface area contributed by atoms with Crippen LogP contribution in [0.4, 0.5) is 0 Å². The fraction of sp³-hybridized carbons (Fsp3) is 0.462. The molecule has 0 bridgehead atoms. The second-order valence-electron chi connectivity index (χ2n) is 4.73. The number of carboxylic acid groups (broad SMARTS) is 1. The number of benzene rings is 1. The van der Waals surface area contributed by atoms with Crippen LogP contribution in [0.15, 0.2) is 24.3 Å². The number of carbonyl (C=O) groups is 1. The molecule has 1 aromatic carbocycles. The highest BCUT2D eigenvalue weighted by Gasteiger charge is 2.32. The molecule has 0 saturated carbocycles. The quantitative estimate of drug-likeness (QED) is 0.873. The molecule has 0 spiro atoms. The van der Waals surface area contributed by atoms with Crippen molar-refractivity contribution in [3.63, 3.8) is 0 Å². The van der Waals surface area contributed by atoms with E-state index >= 15 is 0 Å². The van der Waals surface area contributed by atoms with E-state index in [0.29, 0.717) is 5.92 Å². The Kier molecular flexibility index (Phi) is 2.98. The molecule has 86 valence electrons. The predicted molar refractivity (Wildman–Crippen MR) is 67.1 cm³/mol. The lowest BCUT2D eigenvalue weighted by Crippen LogP contribution is -2.30. The number of hydrogen-bond acceptors (Lipinski definition) is 2. The summed E-state index contributed by atoms with van der Waals surface area (Å²) in [6.07, 6.45) is 1.10. The molecule has 0 radical (unpaired) electrons. The summed E-state index contributed by atoms with van der Waals surface area (Å²) in [4.78, 5) is 11.0. The van der Waals surface area contributed by atoms with Crippen molar-refractivity contribution in [1.29, 1.82) is 0 Å². The number of fused-ring (bicyclic) bond motifs is 1. The van der Waals surface area contributed by atoms with Gasteiger partial charge in [0, 0.05) is 5.75 Å². The Balaban J connectivity index is 1.93. The lowest BCUT2D eigenvalue weighted by Gasteiger charge is -2.31. The molecule has 16 heavy (non-hydrogen) atoms. The summed E-state index contributed by atoms with van der Waals surface area (Å²) < 4.78 is -0.676. The normalized spacial score (nSPS) is 18.8. The van der Waals surface area contributed by atoms with Crippen molar-refractivity contribution >= 4 is 17.7 Å². The fourth-order valence-electron chi connectivity index (χ4n) is 1.88. The summed E-state index contributed by atoms with van der Waals surface area (Å²) in [5, 5.41) is 9.02. The van der Waals surface area contributed by atoms with E-state index in [0.717, 1.165) is 12.2 Å². The van der Waals surface area contributed by atoms with Crippen LogP contribution < -0.4 is 0 Å². The molecule has 1 unspecified atom stereocenters. The molecule has 2 rings (SSSR count). The van der Waals surface area contributed by atoms with E-state index in [4.69, 9.17) is 5.11 Å². The summed E-state index contributed by atoms with van der Waals surface area (Å²) in [7, 11) is 0. The van der Waals surface area contributed by atoms with Gasteiger partial charge in [-0.15, -0.1) is 11.8 Å². The van der Waals surface area contributed by atoms with Gasteiger partial charge in [-0.3, -0.25) is 4.79 Å². The molecule has 0 heterocycles. The molecule has 1 aromatic rings. The Morgan fingerprint density at radius 1 is 1.50 bits per heavy atom. The third kappa shape index (κ3) is 2.09. The van der Waals surface area contributed by atoms with Crippen molar-refractivity contribution in [2.45, 2.75) is 30.9 Å². The summed E-state index contributed by atoms with van der Waals surface area (Å²) >= 11 is 1.53. The first-order valence-corrected chi connectivity index (χ1v) is 6.44. The van der Waals surface area contributed by atoms with E-state index in [1.165, 1.54) is 22.9 Å². The lowest BCUT2D eigenvalue weighted by molar-refractivity contribution is -0.138. The van der Waals surface area contributed by atoms with E-state index in [1.54, 1.807) is 13.8 Å². The van der Waals surface area contributed by atoms with Gasteiger partial charge in [0.05, 0.1) is 0 Å². The average Bonchev–Trinajstić information content (AvgIpc) is 2.19. The summed E-state index contributed by atoms with van der Waals surface area (Å²) in [5.74, 6) is 0.709. The van der Waals surface area contributed by atoms with Crippen molar-refractivity contribution in [2.75, 3.05) is 5.75 Å². The number of aliphatic carboxylic acids is 1. The standard InChI is InChI=1S/C13H16O2S/c1-13(2,12(14)15)16-8-10-7-9-5-3-4-6-11(9)10/h3-6,10H,7-8H2,1-2H3,(H,14,15). The zero-order valence-corrected chi connectivity index (χ0v) is 10.4. The summed E-state index contributed by atoms with van der Waals surface area (Å²) in [5.41, 5.74) is 2.82. The van der Waals surface area contributed by atoms with Gasteiger partial charge in [0.25, 0.3) is 0 Å². The molecular weight excluding hydrogens is 220 g/mol. The van der Waals surface area contributed by atoms with Crippen LogP contribution in [0.2, 0.25) is 0 Å². The Bertz CT molecular complexity index is 412. The van der Waals surface area contributed by atoms with Crippen LogP contribution in [-0.2, 0) is 11.2 Å². The Hall–Kier alpha value is -0.960. The van der Waals surface area contributed by atoms with Gasteiger partial charge in [0.2, 0.25) is 0 Å². The van der Waals surface area contributed by atoms with E-state index in [-0.39, 0.29) is 0 Å². The Labute approximate surface area is 100 Å². The second kappa shape index (κ2) is 4.13. The first kappa shape index (κ1) is 11.5. The van der Waals surface area contributed by atoms with Gasteiger partial charge in [0.15, 0.2) is 0 Å². The third-order valence-corrected chi connectivity index (χ3v) is 4.59. The summed E-state index contributed by atoms with van der Waals surface area (Å²) in [6.45, 7) is 3.54. The molecule has 2 nitrogen and oxygen atoms in total. The van der Waals surface area contributed by atoms with E-state index < -0.39 is 10.7 Å². The van der Waals surface area contributed by atoms with Gasteiger partial charge < -0.3 is 5.11 Å². The van der Waals surface area contributed by atoms with Gasteiger partial charge in [-0.1, -0.05) is 24.3 Å². The molecule has 0 saturated heterocycles. The molecule has 1 atom stereocenters. The maximum absolute atomic E-state index is 11.0. The number of carboxylic acids is 1. The predicted octanol–water partition coefficient (Wildman–Crippen LogP) is 2.92. The zero-order chi connectivity index (χ0) is 11.8. The third-order valence-electron chi connectivity index (χ3n) is 3.12. The van der Waals surface area contributed by atoms with E-state index in [1.807, 2.05) is 0 Å². The monoisotopic (exact) mass is 236 g/mol. The Morgan fingerprint density at radius 3 is 2.81 bits per heavy atom. The first-order chi connectivity index (χ1) is 7.50. The zero-order valence-electron chi connectivity index (χ0n) is 9.56. The fourth-order valence-corrected chi connectivity index (χ4v) is 2.92. The van der Waals surface area contributed by atoms with Crippen LogP contribution >= 0.6 is 11.8 Å². The number of rotatable bonds is 4. The van der Waals surface area contributed by atoms with Gasteiger partial charge in [-0.25, -0.2) is 0 Å². The van der Waals surface area contributed by atoms with Crippen molar-refractivity contribution < 1.29 is 9.90 Å². The topological polar surface area (TPSA) is 37.3 Å². The number of hydrogen-bond donors (Lipinski definition) is 1. The van der Waals surface area contributed by atoms with Crippen molar-refractivity contribution in [3.05, 3.63) is 35.4 Å². The molecule has 1 N–H and O–H groups in total. The highest BCUT2D eigenvalue weighted by atomic mass is 32.2. The first-order valence-electron chi connectivity index (χ1n) is 5.46. The van der Waals surface area contributed by atoms with Crippen molar-refractivity contribution in [1.82, 2.24) is 0 Å². The molecule has 1 aliphatic rings. The van der Waals surface area contributed by atoms with Crippen molar-refractivity contribution in [3.8, 4) is 0 Å². The van der Waals surface area contributed by atoms with E-state index in [9.17, 15) is 4.79 Å². The maximum atomic E-state index is 11.0. The highest BCUT2D eigenvalue weighted by molar-refractivity contribution is 8.01. The minimum absolute atomic E-state index is 0.542. The highest BCUT2D eigenvalue weighted by Crippen LogP contribution is 2.39. The van der Waals surface area contributed by atoms with Gasteiger partial charge >= 0.3 is 5.97 Å². The molecule has 0 aliphatic heterocycles. The smallest absolute Gasteiger partial charge is 0.319 e. The number of thioether (sulfide) groups is 1. The van der Waals surface area contributed by atoms with Crippen molar-refractivity contribution in [2.24, 2.45) is 0 Å².